The Morgan fingerprint density at radius 1 is 1.29 bits per heavy atom. The van der Waals surface area contributed by atoms with Crippen LogP contribution in [0.4, 0.5) is 0 Å². The molecular formula is C18H22N2O3S. The molecule has 0 N–H and O–H groups in total. The number of carbonyl (C=O) groups excluding carboxylic acids is 2. The summed E-state index contributed by atoms with van der Waals surface area (Å²) >= 11 is 1.37. The minimum Gasteiger partial charge on any atom is -0.454 e. The highest BCUT2D eigenvalue weighted by molar-refractivity contribution is 7.98. The molecule has 0 spiro atoms. The fourth-order valence-electron chi connectivity index (χ4n) is 2.85. The third-order valence-corrected chi connectivity index (χ3v) is 4.53. The number of ketones is 1. The lowest BCUT2D eigenvalue weighted by Gasteiger charge is -2.13. The predicted molar refractivity (Wildman–Crippen MR) is 94.9 cm³/mol. The molecule has 2 rings (SSSR count). The van der Waals surface area contributed by atoms with E-state index in [9.17, 15) is 9.59 Å². The van der Waals surface area contributed by atoms with E-state index in [4.69, 9.17) is 4.74 Å². The summed E-state index contributed by atoms with van der Waals surface area (Å²) < 4.78 is 7.30. The van der Waals surface area contributed by atoms with Crippen LogP contribution < -0.4 is 0 Å². The number of carbonyl (C=O) groups is 2. The molecule has 2 aromatic rings. The third-order valence-electron chi connectivity index (χ3n) is 3.82. The van der Waals surface area contributed by atoms with Gasteiger partial charge in [-0.1, -0.05) is 0 Å². The minimum absolute atomic E-state index is 0.196. The van der Waals surface area contributed by atoms with E-state index < -0.39 is 5.97 Å². The first-order valence-corrected chi connectivity index (χ1v) is 8.97. The summed E-state index contributed by atoms with van der Waals surface area (Å²) in [5.74, 6) is -0.726. The van der Waals surface area contributed by atoms with E-state index in [1.54, 1.807) is 18.3 Å². The van der Waals surface area contributed by atoms with Gasteiger partial charge in [0, 0.05) is 29.2 Å². The van der Waals surface area contributed by atoms with Crippen molar-refractivity contribution in [2.75, 3.05) is 12.9 Å². The summed E-state index contributed by atoms with van der Waals surface area (Å²) in [4.78, 5) is 28.8. The van der Waals surface area contributed by atoms with Crippen molar-refractivity contribution in [1.29, 1.82) is 0 Å². The number of pyridine rings is 1. The average Bonchev–Trinajstić information content (AvgIpc) is 2.86. The van der Waals surface area contributed by atoms with Gasteiger partial charge in [-0.05, 0) is 52.1 Å². The van der Waals surface area contributed by atoms with Crippen LogP contribution in [0.2, 0.25) is 0 Å². The van der Waals surface area contributed by atoms with Crippen LogP contribution in [0.3, 0.4) is 0 Å². The quantitative estimate of drug-likeness (QED) is 0.452. The standard InChI is InChI=1S/C18H22N2O3S/c1-11(2)20-12(3)9-15(13(20)4)16(21)10-23-18(22)14-7-6-8-19-17(14)24-5/h6-9,11H,10H2,1-5H3. The van der Waals surface area contributed by atoms with Gasteiger partial charge in [0.25, 0.3) is 0 Å². The molecule has 0 aromatic carbocycles. The van der Waals surface area contributed by atoms with Crippen LogP contribution in [0.1, 0.15) is 52.0 Å². The lowest BCUT2D eigenvalue weighted by molar-refractivity contribution is 0.0470. The number of aryl methyl sites for hydroxylation is 1. The van der Waals surface area contributed by atoms with Crippen LogP contribution >= 0.6 is 11.8 Å². The fourth-order valence-corrected chi connectivity index (χ4v) is 3.39. The maximum Gasteiger partial charge on any atom is 0.341 e. The van der Waals surface area contributed by atoms with Crippen molar-refractivity contribution in [2.24, 2.45) is 0 Å². The second-order valence-electron chi connectivity index (χ2n) is 5.81. The Bertz CT molecular complexity index is 766. The third kappa shape index (κ3) is 3.70. The molecule has 24 heavy (non-hydrogen) atoms. The highest BCUT2D eigenvalue weighted by atomic mass is 32.2. The van der Waals surface area contributed by atoms with Gasteiger partial charge in [0.2, 0.25) is 5.78 Å². The van der Waals surface area contributed by atoms with Crippen LogP contribution in [-0.2, 0) is 4.74 Å². The van der Waals surface area contributed by atoms with Crippen molar-refractivity contribution in [3.8, 4) is 0 Å². The largest absolute Gasteiger partial charge is 0.454 e. The van der Waals surface area contributed by atoms with Gasteiger partial charge in [-0.3, -0.25) is 4.79 Å². The smallest absolute Gasteiger partial charge is 0.341 e. The van der Waals surface area contributed by atoms with Crippen LogP contribution in [0.25, 0.3) is 0 Å². The molecule has 0 aliphatic rings. The van der Waals surface area contributed by atoms with E-state index in [1.165, 1.54) is 11.8 Å². The molecule has 0 fully saturated rings. The normalized spacial score (nSPS) is 10.9. The zero-order valence-corrected chi connectivity index (χ0v) is 15.4. The molecule has 0 aliphatic heterocycles. The maximum absolute atomic E-state index is 12.4. The molecule has 5 nitrogen and oxygen atoms in total. The zero-order valence-electron chi connectivity index (χ0n) is 14.6. The molecule has 0 amide bonds. The van der Waals surface area contributed by atoms with E-state index in [0.717, 1.165) is 11.4 Å². The number of nitrogens with zero attached hydrogens (tertiary/aromatic N) is 2. The molecule has 6 heteroatoms. The molecule has 2 aromatic heterocycles. The van der Waals surface area contributed by atoms with Crippen LogP contribution in [0.5, 0.6) is 0 Å². The Hall–Kier alpha value is -2.08. The summed E-state index contributed by atoms with van der Waals surface area (Å²) in [7, 11) is 0. The molecule has 0 atom stereocenters. The summed E-state index contributed by atoms with van der Waals surface area (Å²) in [6.45, 7) is 7.75. The van der Waals surface area contributed by atoms with Gasteiger partial charge in [0.1, 0.15) is 5.03 Å². The van der Waals surface area contributed by atoms with Gasteiger partial charge >= 0.3 is 5.97 Å². The lowest BCUT2D eigenvalue weighted by Crippen LogP contribution is -2.16. The summed E-state index contributed by atoms with van der Waals surface area (Å²) in [6, 6.07) is 5.45. The zero-order chi connectivity index (χ0) is 17.9. The Kier molecular flexibility index (Phi) is 5.83. The van der Waals surface area contributed by atoms with Gasteiger partial charge in [-0.2, -0.15) is 0 Å². The van der Waals surface area contributed by atoms with Crippen LogP contribution in [0, 0.1) is 13.8 Å². The van der Waals surface area contributed by atoms with E-state index in [-0.39, 0.29) is 18.4 Å². The number of ether oxygens (including phenoxy) is 1. The molecule has 0 aliphatic carbocycles. The van der Waals surface area contributed by atoms with Crippen molar-refractivity contribution >= 4 is 23.5 Å². The Morgan fingerprint density at radius 3 is 2.58 bits per heavy atom. The topological polar surface area (TPSA) is 61.2 Å². The molecule has 0 unspecified atom stereocenters. The monoisotopic (exact) mass is 346 g/mol. The van der Waals surface area contributed by atoms with Gasteiger partial charge in [-0.25, -0.2) is 9.78 Å². The Labute approximate surface area is 146 Å². The number of thioether (sulfide) groups is 1. The molecule has 0 bridgehead atoms. The SMILES string of the molecule is CSc1ncccc1C(=O)OCC(=O)c1cc(C)n(C(C)C)c1C. The van der Waals surface area contributed by atoms with E-state index in [1.807, 2.05) is 26.2 Å². The molecule has 128 valence electrons. The predicted octanol–water partition coefficient (Wildman–Crippen LogP) is 3.84. The number of hydrogen-bond donors (Lipinski definition) is 0. The highest BCUT2D eigenvalue weighted by Crippen LogP contribution is 2.21. The first kappa shape index (κ1) is 18.3. The van der Waals surface area contributed by atoms with Crippen molar-refractivity contribution in [1.82, 2.24) is 9.55 Å². The van der Waals surface area contributed by atoms with E-state index in [0.29, 0.717) is 16.2 Å². The fraction of sp³-hybridized carbons (Fsp3) is 0.389. The Morgan fingerprint density at radius 2 is 2.00 bits per heavy atom. The van der Waals surface area contributed by atoms with Crippen molar-refractivity contribution < 1.29 is 14.3 Å². The molecule has 0 radical (unpaired) electrons. The van der Waals surface area contributed by atoms with Crippen LogP contribution in [-0.4, -0.2) is 34.2 Å². The molecule has 2 heterocycles. The number of Topliss-reactive ketones (excluding diaryl/α,β-unsaturated/α-hetero) is 1. The number of rotatable bonds is 6. The number of hydrogen-bond acceptors (Lipinski definition) is 5. The van der Waals surface area contributed by atoms with E-state index >= 15 is 0 Å². The number of aromatic nitrogens is 2. The van der Waals surface area contributed by atoms with Crippen molar-refractivity contribution in [2.45, 2.75) is 38.8 Å². The summed E-state index contributed by atoms with van der Waals surface area (Å²) in [6.07, 6.45) is 3.46. The first-order valence-electron chi connectivity index (χ1n) is 7.74. The second-order valence-corrected chi connectivity index (χ2v) is 6.60. The Balaban J connectivity index is 2.11. The van der Waals surface area contributed by atoms with Gasteiger partial charge in [0.05, 0.1) is 5.56 Å². The lowest BCUT2D eigenvalue weighted by atomic mass is 10.1. The maximum atomic E-state index is 12.4. The number of esters is 1. The minimum atomic E-state index is -0.529. The molecule has 0 saturated heterocycles. The van der Waals surface area contributed by atoms with Gasteiger partial charge < -0.3 is 9.30 Å². The summed E-state index contributed by atoms with van der Waals surface area (Å²) in [5.41, 5.74) is 2.90. The van der Waals surface area contributed by atoms with Crippen LogP contribution in [0.15, 0.2) is 29.4 Å². The van der Waals surface area contributed by atoms with Gasteiger partial charge in [-0.15, -0.1) is 11.8 Å². The second kappa shape index (κ2) is 7.66. The molecule has 0 saturated carbocycles. The van der Waals surface area contributed by atoms with Crippen molar-refractivity contribution in [3.63, 3.8) is 0 Å². The van der Waals surface area contributed by atoms with Gasteiger partial charge in [0.15, 0.2) is 6.61 Å². The first-order chi connectivity index (χ1) is 11.4. The average molecular weight is 346 g/mol. The highest BCUT2D eigenvalue weighted by Gasteiger charge is 2.20. The van der Waals surface area contributed by atoms with Crippen molar-refractivity contribution in [3.05, 3.63) is 46.9 Å². The van der Waals surface area contributed by atoms with E-state index in [2.05, 4.69) is 23.4 Å². The molecular weight excluding hydrogens is 324 g/mol. The summed E-state index contributed by atoms with van der Waals surface area (Å²) in [5, 5.41) is 0.591.